The van der Waals surface area contributed by atoms with E-state index in [9.17, 15) is 4.79 Å². The SMILES string of the molecule is O=C(O)c1cccc(Cn2nnc3cc4c(cc32)OCO4)c1. The van der Waals surface area contributed by atoms with Crippen LogP contribution in [0.25, 0.3) is 11.0 Å². The molecule has 1 aromatic heterocycles. The lowest BCUT2D eigenvalue weighted by Gasteiger charge is -2.04. The molecule has 1 aliphatic heterocycles. The Hall–Kier alpha value is -3.09. The fourth-order valence-electron chi connectivity index (χ4n) is 2.45. The van der Waals surface area contributed by atoms with Gasteiger partial charge in [-0.05, 0) is 17.7 Å². The van der Waals surface area contributed by atoms with Gasteiger partial charge >= 0.3 is 5.97 Å². The van der Waals surface area contributed by atoms with Gasteiger partial charge in [0, 0.05) is 12.1 Å². The van der Waals surface area contributed by atoms with E-state index in [-0.39, 0.29) is 12.4 Å². The van der Waals surface area contributed by atoms with Crippen molar-refractivity contribution < 1.29 is 19.4 Å². The number of carboxylic acid groups (broad SMARTS) is 1. The standard InChI is InChI=1S/C15H11N3O4/c19-15(20)10-3-1-2-9(4-10)7-18-12-6-14-13(21-8-22-14)5-11(12)16-17-18/h1-6H,7-8H2,(H,19,20). The largest absolute Gasteiger partial charge is 0.478 e. The molecule has 2 aromatic carbocycles. The summed E-state index contributed by atoms with van der Waals surface area (Å²) in [5, 5.41) is 17.3. The highest BCUT2D eigenvalue weighted by Crippen LogP contribution is 2.35. The van der Waals surface area contributed by atoms with E-state index < -0.39 is 5.97 Å². The van der Waals surface area contributed by atoms with Crippen molar-refractivity contribution in [1.82, 2.24) is 15.0 Å². The van der Waals surface area contributed by atoms with Gasteiger partial charge < -0.3 is 14.6 Å². The molecule has 22 heavy (non-hydrogen) atoms. The molecule has 0 aliphatic carbocycles. The first-order chi connectivity index (χ1) is 10.7. The van der Waals surface area contributed by atoms with Gasteiger partial charge in [-0.15, -0.1) is 5.10 Å². The number of benzene rings is 2. The van der Waals surface area contributed by atoms with Crippen molar-refractivity contribution >= 4 is 17.0 Å². The zero-order chi connectivity index (χ0) is 15.1. The van der Waals surface area contributed by atoms with Crippen molar-refractivity contribution in [2.24, 2.45) is 0 Å². The quantitative estimate of drug-likeness (QED) is 0.794. The molecular formula is C15H11N3O4. The highest BCUT2D eigenvalue weighted by Gasteiger charge is 2.17. The van der Waals surface area contributed by atoms with Crippen LogP contribution >= 0.6 is 0 Å². The molecule has 4 rings (SSSR count). The lowest BCUT2D eigenvalue weighted by Crippen LogP contribution is -2.04. The van der Waals surface area contributed by atoms with Crippen molar-refractivity contribution in [3.05, 3.63) is 47.5 Å². The van der Waals surface area contributed by atoms with Crippen LogP contribution in [0.15, 0.2) is 36.4 Å². The summed E-state index contributed by atoms with van der Waals surface area (Å²) < 4.78 is 12.4. The molecule has 0 spiro atoms. The van der Waals surface area contributed by atoms with Gasteiger partial charge in [-0.25, -0.2) is 9.48 Å². The topological polar surface area (TPSA) is 86.5 Å². The molecule has 0 radical (unpaired) electrons. The zero-order valence-corrected chi connectivity index (χ0v) is 11.4. The van der Waals surface area contributed by atoms with Gasteiger partial charge in [0.25, 0.3) is 0 Å². The first-order valence-electron chi connectivity index (χ1n) is 6.66. The third-order valence-corrected chi connectivity index (χ3v) is 3.51. The second kappa shape index (κ2) is 4.73. The van der Waals surface area contributed by atoms with Crippen LogP contribution in [-0.2, 0) is 6.54 Å². The smallest absolute Gasteiger partial charge is 0.335 e. The molecule has 0 fully saturated rings. The van der Waals surface area contributed by atoms with Crippen molar-refractivity contribution in [3.8, 4) is 11.5 Å². The number of carboxylic acids is 1. The van der Waals surface area contributed by atoms with Crippen molar-refractivity contribution in [1.29, 1.82) is 0 Å². The number of aromatic carboxylic acids is 1. The molecule has 110 valence electrons. The summed E-state index contributed by atoms with van der Waals surface area (Å²) in [5.41, 5.74) is 2.60. The molecule has 0 saturated carbocycles. The molecular weight excluding hydrogens is 286 g/mol. The number of ether oxygens (including phenoxy) is 2. The minimum absolute atomic E-state index is 0.204. The van der Waals surface area contributed by atoms with Crippen LogP contribution in [0.5, 0.6) is 11.5 Å². The lowest BCUT2D eigenvalue weighted by atomic mass is 10.1. The molecule has 2 heterocycles. The molecule has 7 heteroatoms. The molecule has 0 saturated heterocycles. The number of nitrogens with zero attached hydrogens (tertiary/aromatic N) is 3. The van der Waals surface area contributed by atoms with Gasteiger partial charge in [-0.2, -0.15) is 0 Å². The summed E-state index contributed by atoms with van der Waals surface area (Å²) in [6, 6.07) is 10.4. The van der Waals surface area contributed by atoms with Crippen LogP contribution in [0.3, 0.4) is 0 Å². The predicted octanol–water partition coefficient (Wildman–Crippen LogP) is 1.91. The average Bonchev–Trinajstić information content (AvgIpc) is 3.12. The van der Waals surface area contributed by atoms with E-state index in [1.54, 1.807) is 28.9 Å². The minimum atomic E-state index is -0.950. The third-order valence-electron chi connectivity index (χ3n) is 3.51. The number of hydrogen-bond donors (Lipinski definition) is 1. The lowest BCUT2D eigenvalue weighted by molar-refractivity contribution is 0.0696. The molecule has 3 aromatic rings. The Balaban J connectivity index is 1.73. The van der Waals surface area contributed by atoms with E-state index in [0.717, 1.165) is 11.1 Å². The second-order valence-electron chi connectivity index (χ2n) is 4.95. The maximum absolute atomic E-state index is 11.0. The number of hydrogen-bond acceptors (Lipinski definition) is 5. The third kappa shape index (κ3) is 2.03. The summed E-state index contributed by atoms with van der Waals surface area (Å²) in [6.07, 6.45) is 0. The van der Waals surface area contributed by atoms with E-state index in [1.807, 2.05) is 12.1 Å². The van der Waals surface area contributed by atoms with Gasteiger partial charge in [0.2, 0.25) is 6.79 Å². The highest BCUT2D eigenvalue weighted by atomic mass is 16.7. The molecule has 0 unspecified atom stereocenters. The maximum atomic E-state index is 11.0. The van der Waals surface area contributed by atoms with Crippen LogP contribution in [-0.4, -0.2) is 32.9 Å². The Morgan fingerprint density at radius 1 is 1.23 bits per heavy atom. The van der Waals surface area contributed by atoms with Gasteiger partial charge in [-0.3, -0.25) is 0 Å². The molecule has 1 aliphatic rings. The first kappa shape index (κ1) is 12.6. The minimum Gasteiger partial charge on any atom is -0.478 e. The molecule has 0 amide bonds. The van der Waals surface area contributed by atoms with Gasteiger partial charge in [-0.1, -0.05) is 17.3 Å². The Morgan fingerprint density at radius 2 is 2.05 bits per heavy atom. The van der Waals surface area contributed by atoms with Crippen LogP contribution in [0, 0.1) is 0 Å². The molecule has 7 nitrogen and oxygen atoms in total. The number of aromatic nitrogens is 3. The first-order valence-corrected chi connectivity index (χ1v) is 6.66. The van der Waals surface area contributed by atoms with E-state index in [0.29, 0.717) is 23.6 Å². The Bertz CT molecular complexity index is 888. The number of carbonyl (C=O) groups is 1. The van der Waals surface area contributed by atoms with E-state index in [4.69, 9.17) is 14.6 Å². The van der Waals surface area contributed by atoms with E-state index in [1.165, 1.54) is 0 Å². The van der Waals surface area contributed by atoms with Crippen molar-refractivity contribution in [2.75, 3.05) is 6.79 Å². The summed E-state index contributed by atoms with van der Waals surface area (Å²) in [7, 11) is 0. The fraction of sp³-hybridized carbons (Fsp3) is 0.133. The summed E-state index contributed by atoms with van der Waals surface area (Å²) >= 11 is 0. The van der Waals surface area contributed by atoms with Gasteiger partial charge in [0.15, 0.2) is 11.5 Å². The van der Waals surface area contributed by atoms with Gasteiger partial charge in [0.05, 0.1) is 17.6 Å². The monoisotopic (exact) mass is 297 g/mol. The van der Waals surface area contributed by atoms with Crippen LogP contribution in [0.4, 0.5) is 0 Å². The summed E-state index contributed by atoms with van der Waals surface area (Å²) in [6.45, 7) is 0.632. The predicted molar refractivity (Wildman–Crippen MR) is 76.2 cm³/mol. The van der Waals surface area contributed by atoms with Crippen molar-refractivity contribution in [2.45, 2.75) is 6.54 Å². The molecule has 1 N–H and O–H groups in total. The number of fused-ring (bicyclic) bond motifs is 2. The Morgan fingerprint density at radius 3 is 2.86 bits per heavy atom. The zero-order valence-electron chi connectivity index (χ0n) is 11.4. The van der Waals surface area contributed by atoms with Crippen LogP contribution < -0.4 is 9.47 Å². The maximum Gasteiger partial charge on any atom is 0.335 e. The van der Waals surface area contributed by atoms with E-state index >= 15 is 0 Å². The fourth-order valence-corrected chi connectivity index (χ4v) is 2.45. The molecule has 0 atom stereocenters. The number of rotatable bonds is 3. The highest BCUT2D eigenvalue weighted by molar-refractivity contribution is 5.87. The van der Waals surface area contributed by atoms with Crippen LogP contribution in [0.1, 0.15) is 15.9 Å². The molecule has 0 bridgehead atoms. The Kier molecular flexibility index (Phi) is 2.72. The van der Waals surface area contributed by atoms with E-state index in [2.05, 4.69) is 10.3 Å². The summed E-state index contributed by atoms with van der Waals surface area (Å²) in [4.78, 5) is 11.0. The van der Waals surface area contributed by atoms with Gasteiger partial charge in [0.1, 0.15) is 5.52 Å². The summed E-state index contributed by atoms with van der Waals surface area (Å²) in [5.74, 6) is 0.372. The average molecular weight is 297 g/mol. The van der Waals surface area contributed by atoms with Crippen LogP contribution in [0.2, 0.25) is 0 Å². The normalized spacial score (nSPS) is 12.7. The Labute approximate surface area is 124 Å². The second-order valence-corrected chi connectivity index (χ2v) is 4.95. The van der Waals surface area contributed by atoms with Crippen molar-refractivity contribution in [3.63, 3.8) is 0 Å².